The number of carbonyl (C=O) groups is 2. The fourth-order valence-corrected chi connectivity index (χ4v) is 5.71. The molecule has 5 aromatic rings. The Labute approximate surface area is 231 Å². The van der Waals surface area contributed by atoms with Crippen molar-refractivity contribution in [2.75, 3.05) is 13.1 Å². The van der Waals surface area contributed by atoms with E-state index in [4.69, 9.17) is 9.47 Å². The predicted octanol–water partition coefficient (Wildman–Crippen LogP) is 6.43. The number of amides is 1. The summed E-state index contributed by atoms with van der Waals surface area (Å²) in [7, 11) is 0. The summed E-state index contributed by atoms with van der Waals surface area (Å²) in [5, 5.41) is 0. The number of ether oxygens (including phenoxy) is 2. The summed E-state index contributed by atoms with van der Waals surface area (Å²) >= 11 is 0. The molecule has 7 nitrogen and oxygen atoms in total. The lowest BCUT2D eigenvalue weighted by atomic mass is 9.82. The number of para-hydroxylation sites is 2. The molecule has 0 bridgehead atoms. The minimum Gasteiger partial charge on any atom is -0.486 e. The minimum atomic E-state index is -0.550. The summed E-state index contributed by atoms with van der Waals surface area (Å²) in [6.45, 7) is 1.05. The molecular weight excluding hydrogens is 502 g/mol. The van der Waals surface area contributed by atoms with Gasteiger partial charge in [0.2, 0.25) is 0 Å². The SMILES string of the molecule is O=C1CC2(CCN(C(=O)c3cc(-c4ccc(Oc5ccccc5)cc4)c4nccn4c3)CC2)Oc2ccccc21. The van der Waals surface area contributed by atoms with Gasteiger partial charge in [0.05, 0.1) is 17.5 Å². The molecule has 0 saturated carbocycles. The third-order valence-electron chi connectivity index (χ3n) is 7.84. The summed E-state index contributed by atoms with van der Waals surface area (Å²) in [6, 6.07) is 26.8. The van der Waals surface area contributed by atoms with Gasteiger partial charge in [-0.2, -0.15) is 0 Å². The van der Waals surface area contributed by atoms with E-state index in [-0.39, 0.29) is 11.7 Å². The van der Waals surface area contributed by atoms with Crippen LogP contribution in [0.5, 0.6) is 17.2 Å². The van der Waals surface area contributed by atoms with Crippen LogP contribution in [0.1, 0.15) is 40.0 Å². The number of carbonyl (C=O) groups excluding carboxylic acids is 2. The molecule has 198 valence electrons. The van der Waals surface area contributed by atoms with Crippen LogP contribution in [0.2, 0.25) is 0 Å². The molecule has 1 amide bonds. The summed E-state index contributed by atoms with van der Waals surface area (Å²) in [6.07, 6.45) is 7.00. The first kappa shape index (κ1) is 24.2. The number of fused-ring (bicyclic) bond motifs is 2. The molecule has 7 heteroatoms. The second-order valence-electron chi connectivity index (χ2n) is 10.4. The monoisotopic (exact) mass is 529 g/mol. The van der Waals surface area contributed by atoms with Crippen molar-refractivity contribution in [3.63, 3.8) is 0 Å². The van der Waals surface area contributed by atoms with Gasteiger partial charge in [-0.1, -0.05) is 42.5 Å². The van der Waals surface area contributed by atoms with E-state index in [1.807, 2.05) is 107 Å². The first-order valence-corrected chi connectivity index (χ1v) is 13.5. The van der Waals surface area contributed by atoms with Crippen molar-refractivity contribution in [2.24, 2.45) is 0 Å². The zero-order valence-corrected chi connectivity index (χ0v) is 21.8. The van der Waals surface area contributed by atoms with Gasteiger partial charge in [-0.25, -0.2) is 4.98 Å². The smallest absolute Gasteiger partial charge is 0.255 e. The molecule has 0 aliphatic carbocycles. The molecule has 0 N–H and O–H groups in total. The lowest BCUT2D eigenvalue weighted by molar-refractivity contribution is -0.00571. The molecule has 40 heavy (non-hydrogen) atoms. The van der Waals surface area contributed by atoms with Crippen LogP contribution in [-0.4, -0.2) is 44.7 Å². The Morgan fingerprint density at radius 1 is 0.875 bits per heavy atom. The van der Waals surface area contributed by atoms with E-state index in [9.17, 15) is 9.59 Å². The minimum absolute atomic E-state index is 0.0433. The van der Waals surface area contributed by atoms with E-state index in [1.54, 1.807) is 6.20 Å². The molecule has 1 spiro atoms. The summed E-state index contributed by atoms with van der Waals surface area (Å²) in [5.74, 6) is 2.22. The molecule has 2 aliphatic rings. The molecule has 1 fully saturated rings. The van der Waals surface area contributed by atoms with E-state index in [1.165, 1.54) is 0 Å². The molecule has 1 saturated heterocycles. The first-order chi connectivity index (χ1) is 19.6. The summed E-state index contributed by atoms with van der Waals surface area (Å²) in [4.78, 5) is 32.9. The van der Waals surface area contributed by atoms with Gasteiger partial charge in [0.1, 0.15) is 28.5 Å². The van der Waals surface area contributed by atoms with Gasteiger partial charge in [-0.15, -0.1) is 0 Å². The van der Waals surface area contributed by atoms with Crippen molar-refractivity contribution in [3.8, 4) is 28.4 Å². The second kappa shape index (κ2) is 9.68. The number of rotatable bonds is 4. The number of piperidine rings is 1. The maximum atomic E-state index is 13.7. The van der Waals surface area contributed by atoms with Crippen LogP contribution in [0, 0.1) is 0 Å². The van der Waals surface area contributed by atoms with Gasteiger partial charge in [0.15, 0.2) is 5.78 Å². The van der Waals surface area contributed by atoms with Crippen LogP contribution in [0.3, 0.4) is 0 Å². The van der Waals surface area contributed by atoms with Crippen LogP contribution in [0.4, 0.5) is 0 Å². The third kappa shape index (κ3) is 4.39. The van der Waals surface area contributed by atoms with Gasteiger partial charge in [-0.05, 0) is 48.0 Å². The van der Waals surface area contributed by atoms with Gasteiger partial charge >= 0.3 is 0 Å². The largest absolute Gasteiger partial charge is 0.486 e. The first-order valence-electron chi connectivity index (χ1n) is 13.5. The number of imidazole rings is 1. The van der Waals surface area contributed by atoms with Gasteiger partial charge in [-0.3, -0.25) is 9.59 Å². The quantitative estimate of drug-likeness (QED) is 0.268. The van der Waals surface area contributed by atoms with Crippen molar-refractivity contribution < 1.29 is 19.1 Å². The van der Waals surface area contributed by atoms with E-state index in [0.717, 1.165) is 28.3 Å². The van der Waals surface area contributed by atoms with E-state index in [0.29, 0.717) is 49.2 Å². The van der Waals surface area contributed by atoms with Crippen LogP contribution >= 0.6 is 0 Å². The molecule has 7 rings (SSSR count). The van der Waals surface area contributed by atoms with E-state index >= 15 is 0 Å². The number of aromatic nitrogens is 2. The number of hydrogen-bond acceptors (Lipinski definition) is 5. The van der Waals surface area contributed by atoms with Crippen LogP contribution in [-0.2, 0) is 0 Å². The predicted molar refractivity (Wildman–Crippen MR) is 151 cm³/mol. The highest BCUT2D eigenvalue weighted by atomic mass is 16.5. The highest BCUT2D eigenvalue weighted by Crippen LogP contribution is 2.39. The van der Waals surface area contributed by atoms with Gasteiger partial charge in [0.25, 0.3) is 5.91 Å². The maximum absolute atomic E-state index is 13.7. The lowest BCUT2D eigenvalue weighted by Gasteiger charge is -2.44. The number of nitrogens with zero attached hydrogens (tertiary/aromatic N) is 3. The average Bonchev–Trinajstić information content (AvgIpc) is 3.47. The Kier molecular flexibility index (Phi) is 5.85. The van der Waals surface area contributed by atoms with Crippen LogP contribution in [0.25, 0.3) is 16.8 Å². The standard InChI is InChI=1S/C33H27N3O4/c37-29-21-33(40-30-9-5-4-8-27(29)30)14-17-35(18-15-33)32(38)24-20-28(31-34-16-19-36(31)22-24)23-10-12-26(13-11-23)39-25-6-2-1-3-7-25/h1-13,16,19-20,22H,14-15,17-18,21H2. The topological polar surface area (TPSA) is 73.1 Å². The maximum Gasteiger partial charge on any atom is 0.255 e. The Balaban J connectivity index is 1.11. The second-order valence-corrected chi connectivity index (χ2v) is 10.4. The Bertz CT molecular complexity index is 1720. The number of ketones is 1. The Morgan fingerprint density at radius 2 is 1.60 bits per heavy atom. The number of likely N-dealkylation sites (tertiary alicyclic amines) is 1. The summed E-state index contributed by atoms with van der Waals surface area (Å²) < 4.78 is 14.2. The molecule has 2 aliphatic heterocycles. The fraction of sp³-hybridized carbons (Fsp3) is 0.182. The molecular formula is C33H27N3O4. The van der Waals surface area contributed by atoms with E-state index < -0.39 is 5.60 Å². The van der Waals surface area contributed by atoms with Crippen LogP contribution in [0.15, 0.2) is 104 Å². The third-order valence-corrected chi connectivity index (χ3v) is 7.84. The number of hydrogen-bond donors (Lipinski definition) is 0. The molecule has 3 aromatic carbocycles. The van der Waals surface area contributed by atoms with Crippen molar-refractivity contribution in [2.45, 2.75) is 24.9 Å². The molecule has 4 heterocycles. The Morgan fingerprint density at radius 3 is 2.40 bits per heavy atom. The van der Waals surface area contributed by atoms with Crippen molar-refractivity contribution in [1.29, 1.82) is 0 Å². The zero-order chi connectivity index (χ0) is 27.1. The highest BCUT2D eigenvalue weighted by Gasteiger charge is 2.43. The molecule has 0 atom stereocenters. The van der Waals surface area contributed by atoms with Gasteiger partial charge < -0.3 is 18.8 Å². The zero-order valence-electron chi connectivity index (χ0n) is 21.8. The lowest BCUT2D eigenvalue weighted by Crippen LogP contribution is -2.52. The molecule has 2 aromatic heterocycles. The molecule has 0 radical (unpaired) electrons. The Hall–Kier alpha value is -4.91. The molecule has 0 unspecified atom stereocenters. The fourth-order valence-electron chi connectivity index (χ4n) is 5.71. The highest BCUT2D eigenvalue weighted by molar-refractivity contribution is 6.00. The van der Waals surface area contributed by atoms with Crippen LogP contribution < -0.4 is 9.47 Å². The normalized spacial score (nSPS) is 16.0. The number of benzene rings is 3. The van der Waals surface area contributed by atoms with E-state index in [2.05, 4.69) is 4.98 Å². The van der Waals surface area contributed by atoms with Crippen molar-refractivity contribution in [3.05, 3.63) is 115 Å². The van der Waals surface area contributed by atoms with Gasteiger partial charge in [0, 0.05) is 50.1 Å². The van der Waals surface area contributed by atoms with Crippen molar-refractivity contribution >= 4 is 17.3 Å². The van der Waals surface area contributed by atoms with Crippen molar-refractivity contribution in [1.82, 2.24) is 14.3 Å². The number of Topliss-reactive ketones (excluding diaryl/α,β-unsaturated/α-hetero) is 1. The number of pyridine rings is 1. The summed E-state index contributed by atoms with van der Waals surface area (Å²) in [5.41, 5.74) is 3.27. The average molecular weight is 530 g/mol.